The van der Waals surface area contributed by atoms with Gasteiger partial charge in [0.2, 0.25) is 0 Å². The third-order valence-electron chi connectivity index (χ3n) is 4.52. The summed E-state index contributed by atoms with van der Waals surface area (Å²) in [7, 11) is 0. The third kappa shape index (κ3) is 4.58. The van der Waals surface area contributed by atoms with E-state index in [1.54, 1.807) is 11.3 Å². The van der Waals surface area contributed by atoms with Crippen LogP contribution in [0.3, 0.4) is 0 Å². The Morgan fingerprint density at radius 2 is 1.92 bits per heavy atom. The number of aryl methyl sites for hydroxylation is 1. The van der Waals surface area contributed by atoms with Gasteiger partial charge in [0.1, 0.15) is 0 Å². The second-order valence-corrected chi connectivity index (χ2v) is 7.15. The van der Waals surface area contributed by atoms with Crippen LogP contribution in [0.15, 0.2) is 41.1 Å². The van der Waals surface area contributed by atoms with Crippen LogP contribution in [-0.4, -0.2) is 30.6 Å². The van der Waals surface area contributed by atoms with Crippen LogP contribution >= 0.6 is 11.3 Å². The maximum atomic E-state index is 12.2. The number of nitrogens with one attached hydrogen (secondary N) is 2. The van der Waals surface area contributed by atoms with Crippen molar-refractivity contribution in [1.29, 1.82) is 0 Å². The molecular weight excluding hydrogens is 318 g/mol. The molecule has 1 aromatic heterocycles. The summed E-state index contributed by atoms with van der Waals surface area (Å²) in [6.07, 6.45) is 3.81. The fraction of sp³-hybridized carbons (Fsp3) is 0.421. The highest BCUT2D eigenvalue weighted by Crippen LogP contribution is 2.25. The molecule has 1 saturated heterocycles. The van der Waals surface area contributed by atoms with E-state index in [0.29, 0.717) is 6.54 Å². The van der Waals surface area contributed by atoms with Gasteiger partial charge in [-0.15, -0.1) is 0 Å². The number of benzene rings is 1. The van der Waals surface area contributed by atoms with Gasteiger partial charge in [-0.05, 0) is 67.4 Å². The standard InChI is InChI=1S/C19H25N3OS/c1-15-5-7-17(8-6-15)21-19(23)20-13-18(16-9-12-24-14-16)22-10-3-2-4-11-22/h5-9,12,14,18H,2-4,10-11,13H2,1H3,(H2,20,21,23). The van der Waals surface area contributed by atoms with E-state index >= 15 is 0 Å². The van der Waals surface area contributed by atoms with Crippen LogP contribution in [0.2, 0.25) is 0 Å². The monoisotopic (exact) mass is 343 g/mol. The molecule has 1 fully saturated rings. The molecule has 1 unspecified atom stereocenters. The second kappa shape index (κ2) is 8.31. The van der Waals surface area contributed by atoms with Gasteiger partial charge in [-0.3, -0.25) is 4.90 Å². The van der Waals surface area contributed by atoms with Crippen LogP contribution in [0.25, 0.3) is 0 Å². The quantitative estimate of drug-likeness (QED) is 0.845. The highest BCUT2D eigenvalue weighted by Gasteiger charge is 2.23. The summed E-state index contributed by atoms with van der Waals surface area (Å²) in [5.74, 6) is 0. The Morgan fingerprint density at radius 3 is 2.58 bits per heavy atom. The maximum Gasteiger partial charge on any atom is 0.319 e. The molecule has 5 heteroatoms. The number of hydrogen-bond donors (Lipinski definition) is 2. The Bertz CT molecular complexity index is 633. The van der Waals surface area contributed by atoms with Crippen molar-refractivity contribution in [3.05, 3.63) is 52.2 Å². The van der Waals surface area contributed by atoms with Crippen LogP contribution < -0.4 is 10.6 Å². The lowest BCUT2D eigenvalue weighted by Gasteiger charge is -2.34. The number of amides is 2. The molecule has 2 heterocycles. The zero-order valence-electron chi connectivity index (χ0n) is 14.1. The van der Waals surface area contributed by atoms with Gasteiger partial charge in [0.15, 0.2) is 0 Å². The topological polar surface area (TPSA) is 44.4 Å². The van der Waals surface area contributed by atoms with Gasteiger partial charge in [-0.1, -0.05) is 24.1 Å². The minimum absolute atomic E-state index is 0.143. The molecule has 128 valence electrons. The SMILES string of the molecule is Cc1ccc(NC(=O)NCC(c2ccsc2)N2CCCCC2)cc1. The van der Waals surface area contributed by atoms with E-state index < -0.39 is 0 Å². The van der Waals surface area contributed by atoms with Gasteiger partial charge in [0.05, 0.1) is 6.04 Å². The molecule has 0 radical (unpaired) electrons. The average Bonchev–Trinajstić information content (AvgIpc) is 3.12. The Kier molecular flexibility index (Phi) is 5.88. The zero-order valence-corrected chi connectivity index (χ0v) is 14.9. The van der Waals surface area contributed by atoms with Gasteiger partial charge < -0.3 is 10.6 Å². The second-order valence-electron chi connectivity index (χ2n) is 6.37. The molecule has 2 N–H and O–H groups in total. The summed E-state index contributed by atoms with van der Waals surface area (Å²) in [5.41, 5.74) is 3.31. The van der Waals surface area contributed by atoms with Crippen molar-refractivity contribution in [2.45, 2.75) is 32.2 Å². The van der Waals surface area contributed by atoms with E-state index in [2.05, 4.69) is 32.4 Å². The normalized spacial score (nSPS) is 16.5. The van der Waals surface area contributed by atoms with Crippen LogP contribution in [0.1, 0.15) is 36.4 Å². The molecule has 2 aromatic rings. The smallest absolute Gasteiger partial charge is 0.319 e. The first-order valence-electron chi connectivity index (χ1n) is 8.60. The number of urea groups is 1. The number of thiophene rings is 1. The predicted molar refractivity (Wildman–Crippen MR) is 101 cm³/mol. The van der Waals surface area contributed by atoms with E-state index in [-0.39, 0.29) is 12.1 Å². The number of hydrogen-bond acceptors (Lipinski definition) is 3. The minimum atomic E-state index is -0.143. The molecule has 0 aliphatic carbocycles. The zero-order chi connectivity index (χ0) is 16.8. The minimum Gasteiger partial charge on any atom is -0.336 e. The van der Waals surface area contributed by atoms with Crippen molar-refractivity contribution in [2.24, 2.45) is 0 Å². The molecule has 1 aliphatic rings. The van der Waals surface area contributed by atoms with Gasteiger partial charge in [-0.25, -0.2) is 4.79 Å². The van der Waals surface area contributed by atoms with Gasteiger partial charge in [0.25, 0.3) is 0 Å². The molecule has 1 aromatic carbocycles. The first kappa shape index (κ1) is 17.0. The summed E-state index contributed by atoms with van der Waals surface area (Å²) in [4.78, 5) is 14.7. The van der Waals surface area contributed by atoms with Crippen molar-refractivity contribution in [3.63, 3.8) is 0 Å². The van der Waals surface area contributed by atoms with Crippen LogP contribution in [0.4, 0.5) is 10.5 Å². The van der Waals surface area contributed by atoms with E-state index in [0.717, 1.165) is 18.8 Å². The van der Waals surface area contributed by atoms with E-state index in [9.17, 15) is 4.79 Å². The number of piperidine rings is 1. The van der Waals surface area contributed by atoms with Crippen molar-refractivity contribution in [1.82, 2.24) is 10.2 Å². The first-order chi connectivity index (χ1) is 11.7. The molecule has 1 atom stereocenters. The van der Waals surface area contributed by atoms with Crippen LogP contribution in [-0.2, 0) is 0 Å². The molecule has 24 heavy (non-hydrogen) atoms. The molecule has 4 nitrogen and oxygen atoms in total. The Hall–Kier alpha value is -1.85. The molecular formula is C19H25N3OS. The molecule has 0 spiro atoms. The van der Waals surface area contributed by atoms with Crippen molar-refractivity contribution < 1.29 is 4.79 Å². The van der Waals surface area contributed by atoms with Crippen molar-refractivity contribution in [2.75, 3.05) is 25.0 Å². The number of anilines is 1. The largest absolute Gasteiger partial charge is 0.336 e. The number of carbonyl (C=O) groups is 1. The Morgan fingerprint density at radius 1 is 1.17 bits per heavy atom. The summed E-state index contributed by atoms with van der Waals surface area (Å²) in [6.45, 7) is 4.89. The lowest BCUT2D eigenvalue weighted by molar-refractivity contribution is 0.161. The molecule has 0 bridgehead atoms. The highest BCUT2D eigenvalue weighted by molar-refractivity contribution is 7.07. The number of carbonyl (C=O) groups excluding carboxylic acids is 1. The number of rotatable bonds is 5. The lowest BCUT2D eigenvalue weighted by atomic mass is 10.0. The summed E-state index contributed by atoms with van der Waals surface area (Å²) < 4.78 is 0. The molecule has 2 amide bonds. The fourth-order valence-corrected chi connectivity index (χ4v) is 3.86. The summed E-state index contributed by atoms with van der Waals surface area (Å²) in [6, 6.07) is 10.1. The molecule has 3 rings (SSSR count). The van der Waals surface area contributed by atoms with E-state index in [1.807, 2.05) is 31.2 Å². The Labute approximate surface area is 147 Å². The number of likely N-dealkylation sites (tertiary alicyclic amines) is 1. The average molecular weight is 343 g/mol. The highest BCUT2D eigenvalue weighted by atomic mass is 32.1. The van der Waals surface area contributed by atoms with Gasteiger partial charge in [0, 0.05) is 12.2 Å². The summed E-state index contributed by atoms with van der Waals surface area (Å²) >= 11 is 1.72. The third-order valence-corrected chi connectivity index (χ3v) is 5.23. The van der Waals surface area contributed by atoms with E-state index in [4.69, 9.17) is 0 Å². The van der Waals surface area contributed by atoms with Crippen molar-refractivity contribution >= 4 is 23.1 Å². The van der Waals surface area contributed by atoms with E-state index in [1.165, 1.54) is 30.4 Å². The summed E-state index contributed by atoms with van der Waals surface area (Å²) in [5, 5.41) is 10.3. The van der Waals surface area contributed by atoms with Crippen LogP contribution in [0, 0.1) is 6.92 Å². The van der Waals surface area contributed by atoms with Gasteiger partial charge >= 0.3 is 6.03 Å². The van der Waals surface area contributed by atoms with Gasteiger partial charge in [-0.2, -0.15) is 11.3 Å². The molecule has 0 saturated carbocycles. The maximum absolute atomic E-state index is 12.2. The Balaban J connectivity index is 1.58. The first-order valence-corrected chi connectivity index (χ1v) is 9.54. The predicted octanol–water partition coefficient (Wildman–Crippen LogP) is 4.41. The van der Waals surface area contributed by atoms with Crippen LogP contribution in [0.5, 0.6) is 0 Å². The number of nitrogens with zero attached hydrogens (tertiary/aromatic N) is 1. The lowest BCUT2D eigenvalue weighted by Crippen LogP contribution is -2.41. The molecule has 1 aliphatic heterocycles. The van der Waals surface area contributed by atoms with Crippen molar-refractivity contribution in [3.8, 4) is 0 Å². The fourth-order valence-electron chi connectivity index (χ4n) is 3.15.